The van der Waals surface area contributed by atoms with E-state index < -0.39 is 79.3 Å². The number of hydrogen-bond donors (Lipinski definition) is 0. The largest absolute Gasteiger partial charge is 0.484 e. The molecule has 0 radical (unpaired) electrons. The van der Waals surface area contributed by atoms with Gasteiger partial charge in [-0.05, 0) is 80.2 Å². The first-order valence-corrected chi connectivity index (χ1v) is 17.8. The van der Waals surface area contributed by atoms with Crippen LogP contribution in [0, 0.1) is 11.5 Å². The number of aromatic nitrogens is 1. The van der Waals surface area contributed by atoms with Gasteiger partial charge in [-0.15, -0.1) is 0 Å². The molecule has 2 aromatic rings. The van der Waals surface area contributed by atoms with Gasteiger partial charge in [0.25, 0.3) is 5.91 Å². The first-order valence-electron chi connectivity index (χ1n) is 15.1. The second-order valence-electron chi connectivity index (χ2n) is 13.2. The summed E-state index contributed by atoms with van der Waals surface area (Å²) in [6, 6.07) is 4.48. The van der Waals surface area contributed by atoms with Gasteiger partial charge in [0.1, 0.15) is 22.8 Å². The van der Waals surface area contributed by atoms with Crippen LogP contribution in [-0.2, 0) is 29.6 Å². The summed E-state index contributed by atoms with van der Waals surface area (Å²) < 4.78 is 76.7. The normalized spacial score (nSPS) is 20.6. The lowest BCUT2D eigenvalue weighted by atomic mass is 9.75. The third kappa shape index (κ3) is 7.76. The van der Waals surface area contributed by atoms with Crippen LogP contribution in [0.25, 0.3) is 0 Å². The molecule has 0 N–H and O–H groups in total. The number of hydrogen-bond acceptors (Lipinski definition) is 9. The lowest BCUT2D eigenvalue weighted by Gasteiger charge is -2.50. The fraction of sp³-hybridized carbons (Fsp3) is 0.516. The van der Waals surface area contributed by atoms with E-state index in [1.165, 1.54) is 11.1 Å². The average molecular weight is 791 g/mol. The maximum Gasteiger partial charge on any atom is 0.422 e. The van der Waals surface area contributed by atoms with Crippen LogP contribution in [0.1, 0.15) is 45.7 Å². The third-order valence-corrected chi connectivity index (χ3v) is 11.4. The van der Waals surface area contributed by atoms with Crippen LogP contribution in [0.15, 0.2) is 45.9 Å². The minimum atomic E-state index is -4.64. The fourth-order valence-electron chi connectivity index (χ4n) is 5.83. The van der Waals surface area contributed by atoms with E-state index in [-0.39, 0.29) is 37.0 Å². The zero-order valence-corrected chi connectivity index (χ0v) is 29.7. The van der Waals surface area contributed by atoms with Crippen molar-refractivity contribution >= 4 is 55.3 Å². The first-order chi connectivity index (χ1) is 22.8. The van der Waals surface area contributed by atoms with Gasteiger partial charge in [-0.3, -0.25) is 14.6 Å². The standard InChI is InChI=1S/C31H32BrClF3N5O7S/c1-29(2,3)48-28(44)39-14-30(15-39,25-9-4-18(32)12-38-25)27(43)40-13-21(11-23(40)26(42)41(17-37)19-5-6-19)49(45,46)24-8-7-20(10-22(24)33)47-16-31(34,35)36/h4,7-10,12,19,21,23H,5-6,11,13-16H2,1-3H3/t21-,23+/m1/s1. The van der Waals surface area contributed by atoms with Crippen molar-refractivity contribution in [1.82, 2.24) is 19.7 Å². The number of alkyl halides is 3. The molecule has 264 valence electrons. The van der Waals surface area contributed by atoms with Crippen molar-refractivity contribution in [2.24, 2.45) is 0 Å². The summed E-state index contributed by atoms with van der Waals surface area (Å²) in [5, 5.41) is 8.03. The molecule has 1 saturated carbocycles. The molecular formula is C31H32BrClF3N5O7S. The lowest BCUT2D eigenvalue weighted by molar-refractivity contribution is -0.153. The molecule has 3 heterocycles. The summed E-state index contributed by atoms with van der Waals surface area (Å²) in [7, 11) is -4.41. The molecule has 2 saturated heterocycles. The predicted molar refractivity (Wildman–Crippen MR) is 171 cm³/mol. The number of nitrogens with zero attached hydrogens (tertiary/aromatic N) is 5. The maximum atomic E-state index is 14.7. The molecule has 49 heavy (non-hydrogen) atoms. The molecule has 1 aromatic carbocycles. The van der Waals surface area contributed by atoms with Gasteiger partial charge < -0.3 is 19.3 Å². The molecule has 18 heteroatoms. The van der Waals surface area contributed by atoms with Crippen LogP contribution < -0.4 is 4.74 Å². The SMILES string of the molecule is CC(C)(C)OC(=O)N1CC(C(=O)N2C[C@H](S(=O)(=O)c3ccc(OCC(F)(F)F)cc3Cl)C[C@H]2C(=O)N(C#N)C2CC2)(c2ccc(Br)cn2)C1. The number of halogens is 5. The number of ether oxygens (including phenoxy) is 2. The third-order valence-electron chi connectivity index (χ3n) is 8.32. The van der Waals surface area contributed by atoms with Crippen LogP contribution in [0.2, 0.25) is 5.02 Å². The van der Waals surface area contributed by atoms with Gasteiger partial charge in [-0.1, -0.05) is 11.6 Å². The number of likely N-dealkylation sites (tertiary alicyclic amines) is 2. The molecule has 1 aromatic heterocycles. The Labute approximate surface area is 294 Å². The minimum Gasteiger partial charge on any atom is -0.484 e. The molecule has 3 amide bonds. The second kappa shape index (κ2) is 13.3. The topological polar surface area (TPSA) is 150 Å². The number of carbonyl (C=O) groups excluding carboxylic acids is 3. The Morgan fingerprint density at radius 2 is 1.84 bits per heavy atom. The summed E-state index contributed by atoms with van der Waals surface area (Å²) in [5.41, 5.74) is -2.03. The number of benzene rings is 1. The number of sulfone groups is 1. The molecule has 2 aliphatic heterocycles. The van der Waals surface area contributed by atoms with E-state index in [4.69, 9.17) is 16.3 Å². The minimum absolute atomic E-state index is 0.181. The van der Waals surface area contributed by atoms with Gasteiger partial charge in [0.2, 0.25) is 5.91 Å². The summed E-state index contributed by atoms with van der Waals surface area (Å²) in [6.07, 6.45) is -1.23. The number of nitriles is 1. The van der Waals surface area contributed by atoms with E-state index in [9.17, 15) is 41.2 Å². The van der Waals surface area contributed by atoms with Gasteiger partial charge in [-0.25, -0.2) is 18.1 Å². The van der Waals surface area contributed by atoms with Gasteiger partial charge >= 0.3 is 12.3 Å². The Balaban J connectivity index is 1.49. The zero-order chi connectivity index (χ0) is 36.1. The van der Waals surface area contributed by atoms with Gasteiger partial charge in [0.05, 0.1) is 20.9 Å². The monoisotopic (exact) mass is 789 g/mol. The zero-order valence-electron chi connectivity index (χ0n) is 26.5. The van der Waals surface area contributed by atoms with Gasteiger partial charge in [0.15, 0.2) is 22.6 Å². The summed E-state index contributed by atoms with van der Waals surface area (Å²) in [5.74, 6) is -1.73. The first kappa shape index (κ1) is 36.7. The number of rotatable bonds is 8. The van der Waals surface area contributed by atoms with E-state index >= 15 is 0 Å². The Morgan fingerprint density at radius 1 is 1.16 bits per heavy atom. The van der Waals surface area contributed by atoms with Crippen LogP contribution >= 0.6 is 27.5 Å². The highest BCUT2D eigenvalue weighted by Gasteiger charge is 2.59. The fourth-order valence-corrected chi connectivity index (χ4v) is 8.30. The van der Waals surface area contributed by atoms with Crippen molar-refractivity contribution in [2.75, 3.05) is 26.2 Å². The molecule has 1 aliphatic carbocycles. The highest BCUT2D eigenvalue weighted by Crippen LogP contribution is 2.42. The summed E-state index contributed by atoms with van der Waals surface area (Å²) in [6.45, 7) is 2.62. The van der Waals surface area contributed by atoms with Crippen molar-refractivity contribution in [3.05, 3.63) is 51.7 Å². The highest BCUT2D eigenvalue weighted by atomic mass is 79.9. The molecule has 2 atom stereocenters. The highest BCUT2D eigenvalue weighted by molar-refractivity contribution is 9.10. The van der Waals surface area contributed by atoms with Crippen molar-refractivity contribution in [3.63, 3.8) is 0 Å². The Morgan fingerprint density at radius 3 is 2.37 bits per heavy atom. The summed E-state index contributed by atoms with van der Waals surface area (Å²) in [4.78, 5) is 48.9. The van der Waals surface area contributed by atoms with E-state index in [2.05, 4.69) is 25.7 Å². The summed E-state index contributed by atoms with van der Waals surface area (Å²) >= 11 is 9.57. The number of amides is 3. The Kier molecular flexibility index (Phi) is 9.91. The van der Waals surface area contributed by atoms with Gasteiger partial charge in [-0.2, -0.15) is 18.4 Å². The Bertz CT molecular complexity index is 1790. The van der Waals surface area contributed by atoms with Gasteiger partial charge in [0, 0.05) is 42.4 Å². The lowest BCUT2D eigenvalue weighted by Crippen LogP contribution is -2.69. The van der Waals surface area contributed by atoms with Crippen LogP contribution in [-0.4, -0.2) is 101 Å². The van der Waals surface area contributed by atoms with E-state index in [1.807, 2.05) is 6.19 Å². The molecule has 3 aliphatic rings. The maximum absolute atomic E-state index is 14.7. The van der Waals surface area contributed by atoms with Crippen molar-refractivity contribution in [2.45, 2.75) is 79.5 Å². The van der Waals surface area contributed by atoms with E-state index in [0.717, 1.165) is 28.0 Å². The van der Waals surface area contributed by atoms with Crippen molar-refractivity contribution < 1.29 is 45.4 Å². The van der Waals surface area contributed by atoms with Crippen molar-refractivity contribution in [3.8, 4) is 11.9 Å². The predicted octanol–water partition coefficient (Wildman–Crippen LogP) is 4.84. The quantitative estimate of drug-likeness (QED) is 0.271. The van der Waals surface area contributed by atoms with Crippen LogP contribution in [0.5, 0.6) is 5.75 Å². The molecule has 3 fully saturated rings. The molecule has 0 unspecified atom stereocenters. The molecule has 5 rings (SSSR count). The smallest absolute Gasteiger partial charge is 0.422 e. The van der Waals surface area contributed by atoms with Crippen LogP contribution in [0.3, 0.4) is 0 Å². The van der Waals surface area contributed by atoms with E-state index in [0.29, 0.717) is 17.3 Å². The van der Waals surface area contributed by atoms with Crippen molar-refractivity contribution in [1.29, 1.82) is 5.26 Å². The molecule has 12 nitrogen and oxygen atoms in total. The average Bonchev–Trinajstić information content (AvgIpc) is 3.70. The molecular weight excluding hydrogens is 759 g/mol. The molecule has 0 spiro atoms. The van der Waals surface area contributed by atoms with E-state index in [1.54, 1.807) is 32.9 Å². The number of carbonyl (C=O) groups is 3. The number of pyridine rings is 1. The Hall–Kier alpha value is -3.62. The van der Waals surface area contributed by atoms with Crippen LogP contribution in [0.4, 0.5) is 18.0 Å². The molecule has 0 bridgehead atoms. The second-order valence-corrected chi connectivity index (χ2v) is 16.7.